The van der Waals surface area contributed by atoms with E-state index in [1.54, 1.807) is 0 Å². The summed E-state index contributed by atoms with van der Waals surface area (Å²) < 4.78 is 4.97. The van der Waals surface area contributed by atoms with E-state index >= 15 is 0 Å². The summed E-state index contributed by atoms with van der Waals surface area (Å²) in [5.74, 6) is -0.329. The predicted octanol–water partition coefficient (Wildman–Crippen LogP) is 6.92. The molecular formula is C27H23NO2. The zero-order valence-corrected chi connectivity index (χ0v) is 17.1. The molecule has 0 atom stereocenters. The van der Waals surface area contributed by atoms with Crippen LogP contribution in [-0.4, -0.2) is 13.1 Å². The van der Waals surface area contributed by atoms with Gasteiger partial charge in [0, 0.05) is 17.1 Å². The SMILES string of the molecule is COC(=O)c1ccc(C)cc1-c1ccc(N(c2ccccc2)c2ccccc2)cc1. The van der Waals surface area contributed by atoms with Gasteiger partial charge in [0.2, 0.25) is 0 Å². The molecule has 0 saturated carbocycles. The minimum Gasteiger partial charge on any atom is -0.465 e. The average molecular weight is 393 g/mol. The number of anilines is 3. The number of rotatable bonds is 5. The lowest BCUT2D eigenvalue weighted by atomic mass is 9.97. The van der Waals surface area contributed by atoms with Crippen LogP contribution in [0.1, 0.15) is 15.9 Å². The minimum atomic E-state index is -0.329. The summed E-state index contributed by atoms with van der Waals surface area (Å²) in [5, 5.41) is 0. The largest absolute Gasteiger partial charge is 0.465 e. The number of hydrogen-bond donors (Lipinski definition) is 0. The highest BCUT2D eigenvalue weighted by atomic mass is 16.5. The molecule has 4 rings (SSSR count). The zero-order valence-electron chi connectivity index (χ0n) is 17.1. The summed E-state index contributed by atoms with van der Waals surface area (Å²) in [6.07, 6.45) is 0. The summed E-state index contributed by atoms with van der Waals surface area (Å²) in [6.45, 7) is 2.02. The van der Waals surface area contributed by atoms with Crippen LogP contribution in [0.5, 0.6) is 0 Å². The molecule has 0 N–H and O–H groups in total. The van der Waals surface area contributed by atoms with Gasteiger partial charge in [0.1, 0.15) is 0 Å². The second-order valence-corrected chi connectivity index (χ2v) is 7.09. The van der Waals surface area contributed by atoms with E-state index in [9.17, 15) is 4.79 Å². The van der Waals surface area contributed by atoms with Gasteiger partial charge in [-0.1, -0.05) is 66.2 Å². The van der Waals surface area contributed by atoms with E-state index in [1.807, 2.05) is 61.5 Å². The Bertz CT molecular complexity index is 1100. The van der Waals surface area contributed by atoms with Crippen LogP contribution in [0, 0.1) is 6.92 Å². The smallest absolute Gasteiger partial charge is 0.338 e. The molecule has 0 unspecified atom stereocenters. The van der Waals surface area contributed by atoms with Gasteiger partial charge in [0.05, 0.1) is 12.7 Å². The number of ether oxygens (including phenoxy) is 1. The average Bonchev–Trinajstić information content (AvgIpc) is 2.80. The van der Waals surface area contributed by atoms with E-state index in [-0.39, 0.29) is 5.97 Å². The van der Waals surface area contributed by atoms with E-state index in [1.165, 1.54) is 7.11 Å². The number of esters is 1. The Hall–Kier alpha value is -3.85. The first-order chi connectivity index (χ1) is 14.7. The molecule has 148 valence electrons. The van der Waals surface area contributed by atoms with Gasteiger partial charge in [-0.3, -0.25) is 0 Å². The number of methoxy groups -OCH3 is 1. The Kier molecular flexibility index (Phi) is 5.62. The van der Waals surface area contributed by atoms with Crippen LogP contribution in [0.2, 0.25) is 0 Å². The molecule has 3 heteroatoms. The van der Waals surface area contributed by atoms with Crippen molar-refractivity contribution >= 4 is 23.0 Å². The molecule has 0 aliphatic rings. The molecule has 4 aromatic rings. The van der Waals surface area contributed by atoms with E-state index < -0.39 is 0 Å². The lowest BCUT2D eigenvalue weighted by Crippen LogP contribution is -2.09. The van der Waals surface area contributed by atoms with Crippen molar-refractivity contribution < 1.29 is 9.53 Å². The van der Waals surface area contributed by atoms with Gasteiger partial charge in [-0.05, 0) is 60.5 Å². The highest BCUT2D eigenvalue weighted by Gasteiger charge is 2.15. The fourth-order valence-electron chi connectivity index (χ4n) is 3.58. The van der Waals surface area contributed by atoms with Crippen molar-refractivity contribution in [3.05, 3.63) is 114 Å². The maximum absolute atomic E-state index is 12.2. The molecule has 3 nitrogen and oxygen atoms in total. The molecule has 4 aromatic carbocycles. The van der Waals surface area contributed by atoms with Crippen molar-refractivity contribution in [2.24, 2.45) is 0 Å². The molecule has 0 amide bonds. The second kappa shape index (κ2) is 8.66. The number of hydrogen-bond acceptors (Lipinski definition) is 3. The number of para-hydroxylation sites is 2. The van der Waals surface area contributed by atoms with Crippen molar-refractivity contribution in [1.82, 2.24) is 0 Å². The Morgan fingerprint density at radius 1 is 0.700 bits per heavy atom. The van der Waals surface area contributed by atoms with Gasteiger partial charge in [-0.15, -0.1) is 0 Å². The quantitative estimate of drug-likeness (QED) is 0.345. The number of benzene rings is 4. The fourth-order valence-corrected chi connectivity index (χ4v) is 3.58. The van der Waals surface area contributed by atoms with Crippen LogP contribution >= 0.6 is 0 Å². The topological polar surface area (TPSA) is 29.5 Å². The van der Waals surface area contributed by atoms with Crippen molar-refractivity contribution in [1.29, 1.82) is 0 Å². The molecule has 30 heavy (non-hydrogen) atoms. The van der Waals surface area contributed by atoms with Crippen LogP contribution in [0.3, 0.4) is 0 Å². The first kappa shape index (κ1) is 19.5. The summed E-state index contributed by atoms with van der Waals surface area (Å²) in [7, 11) is 1.41. The van der Waals surface area contributed by atoms with Crippen molar-refractivity contribution in [2.75, 3.05) is 12.0 Å². The standard InChI is InChI=1S/C27H23NO2/c1-20-13-18-25(27(29)30-2)26(19-20)21-14-16-24(17-15-21)28(22-9-5-3-6-10-22)23-11-7-4-8-12-23/h3-19H,1-2H3. The molecule has 0 spiro atoms. The van der Waals surface area contributed by atoms with E-state index in [0.717, 1.165) is 33.8 Å². The Morgan fingerprint density at radius 3 is 1.77 bits per heavy atom. The predicted molar refractivity (Wildman–Crippen MR) is 123 cm³/mol. The van der Waals surface area contributed by atoms with Crippen molar-refractivity contribution in [2.45, 2.75) is 6.92 Å². The lowest BCUT2D eigenvalue weighted by Gasteiger charge is -2.25. The van der Waals surface area contributed by atoms with Gasteiger partial charge >= 0.3 is 5.97 Å². The van der Waals surface area contributed by atoms with Crippen LogP contribution in [0.25, 0.3) is 11.1 Å². The van der Waals surface area contributed by atoms with E-state index in [2.05, 4.69) is 53.4 Å². The summed E-state index contributed by atoms with van der Waals surface area (Å²) in [5.41, 5.74) is 6.73. The molecule has 0 bridgehead atoms. The number of carbonyl (C=O) groups excluding carboxylic acids is 1. The molecule has 0 aliphatic heterocycles. The molecule has 0 saturated heterocycles. The third-order valence-electron chi connectivity index (χ3n) is 5.05. The minimum absolute atomic E-state index is 0.329. The molecule has 0 aliphatic carbocycles. The lowest BCUT2D eigenvalue weighted by molar-refractivity contribution is 0.0601. The zero-order chi connectivity index (χ0) is 20.9. The van der Waals surface area contributed by atoms with Crippen LogP contribution in [0.15, 0.2) is 103 Å². The van der Waals surface area contributed by atoms with E-state index in [4.69, 9.17) is 4.74 Å². The second-order valence-electron chi connectivity index (χ2n) is 7.09. The molecule has 0 heterocycles. The van der Waals surface area contributed by atoms with Gasteiger partial charge in [-0.25, -0.2) is 4.79 Å². The number of aryl methyl sites for hydroxylation is 1. The summed E-state index contributed by atoms with van der Waals surface area (Å²) in [6, 6.07) is 34.6. The van der Waals surface area contributed by atoms with Crippen LogP contribution in [-0.2, 0) is 4.74 Å². The van der Waals surface area contributed by atoms with Gasteiger partial charge in [-0.2, -0.15) is 0 Å². The third-order valence-corrected chi connectivity index (χ3v) is 5.05. The Balaban J connectivity index is 1.77. The molecular weight excluding hydrogens is 370 g/mol. The first-order valence-electron chi connectivity index (χ1n) is 9.87. The highest BCUT2D eigenvalue weighted by molar-refractivity contribution is 5.97. The van der Waals surface area contributed by atoms with Gasteiger partial charge in [0.15, 0.2) is 0 Å². The number of carbonyl (C=O) groups is 1. The van der Waals surface area contributed by atoms with E-state index in [0.29, 0.717) is 5.56 Å². The maximum atomic E-state index is 12.2. The molecule has 0 aromatic heterocycles. The van der Waals surface area contributed by atoms with Gasteiger partial charge < -0.3 is 9.64 Å². The Morgan fingerprint density at radius 2 is 1.23 bits per heavy atom. The summed E-state index contributed by atoms with van der Waals surface area (Å²) >= 11 is 0. The highest BCUT2D eigenvalue weighted by Crippen LogP contribution is 2.35. The van der Waals surface area contributed by atoms with Crippen LogP contribution < -0.4 is 4.90 Å². The normalized spacial score (nSPS) is 10.5. The van der Waals surface area contributed by atoms with Gasteiger partial charge in [0.25, 0.3) is 0 Å². The maximum Gasteiger partial charge on any atom is 0.338 e. The Labute approximate surface area is 177 Å². The van der Waals surface area contributed by atoms with Crippen molar-refractivity contribution in [3.8, 4) is 11.1 Å². The summed E-state index contributed by atoms with van der Waals surface area (Å²) in [4.78, 5) is 14.4. The fraction of sp³-hybridized carbons (Fsp3) is 0.0741. The monoisotopic (exact) mass is 393 g/mol. The van der Waals surface area contributed by atoms with Crippen LogP contribution in [0.4, 0.5) is 17.1 Å². The van der Waals surface area contributed by atoms with Crippen molar-refractivity contribution in [3.63, 3.8) is 0 Å². The number of nitrogens with zero attached hydrogens (tertiary/aromatic N) is 1. The molecule has 0 radical (unpaired) electrons. The first-order valence-corrected chi connectivity index (χ1v) is 9.87. The molecule has 0 fully saturated rings. The third kappa shape index (κ3) is 3.96.